The summed E-state index contributed by atoms with van der Waals surface area (Å²) in [6.07, 6.45) is 22.0. The van der Waals surface area contributed by atoms with Gasteiger partial charge in [0.25, 0.3) is 0 Å². The summed E-state index contributed by atoms with van der Waals surface area (Å²) in [5, 5.41) is 0. The molecule has 2 nitrogen and oxygen atoms in total. The summed E-state index contributed by atoms with van der Waals surface area (Å²) in [4.78, 5) is 5.01. The Morgan fingerprint density at radius 1 is 1.05 bits per heavy atom. The van der Waals surface area contributed by atoms with Crippen LogP contribution in [0.25, 0.3) is 0 Å². The summed E-state index contributed by atoms with van der Waals surface area (Å²) < 4.78 is 0. The van der Waals surface area contributed by atoms with E-state index in [1.54, 1.807) is 0 Å². The van der Waals surface area contributed by atoms with Gasteiger partial charge in [0.15, 0.2) is 0 Å². The molecule has 0 saturated carbocycles. The minimum Gasteiger partial charge on any atom is -0.327 e. The van der Waals surface area contributed by atoms with Crippen molar-refractivity contribution in [1.29, 1.82) is 0 Å². The van der Waals surface area contributed by atoms with Gasteiger partial charge in [-0.25, -0.2) is 0 Å². The molecule has 108 valence electrons. The smallest absolute Gasteiger partial charge is 0.0538 e. The molecule has 1 aliphatic carbocycles. The van der Waals surface area contributed by atoms with E-state index in [0.717, 1.165) is 18.8 Å². The van der Waals surface area contributed by atoms with Gasteiger partial charge in [-0.2, -0.15) is 0 Å². The van der Waals surface area contributed by atoms with Gasteiger partial charge in [-0.15, -0.1) is 0 Å². The summed E-state index contributed by atoms with van der Waals surface area (Å²) in [7, 11) is 0. The van der Waals surface area contributed by atoms with Crippen molar-refractivity contribution < 1.29 is 0 Å². The number of hydrogen-bond donors (Lipinski definition) is 0. The van der Waals surface area contributed by atoms with Crippen LogP contribution in [0.15, 0.2) is 48.5 Å². The quantitative estimate of drug-likeness (QED) is 0.747. The zero-order valence-corrected chi connectivity index (χ0v) is 12.5. The second-order valence-corrected chi connectivity index (χ2v) is 6.26. The fraction of sp³-hybridized carbons (Fsp3) is 0.556. The van der Waals surface area contributed by atoms with E-state index in [9.17, 15) is 0 Å². The molecule has 2 aliphatic heterocycles. The van der Waals surface area contributed by atoms with Gasteiger partial charge >= 0.3 is 0 Å². The summed E-state index contributed by atoms with van der Waals surface area (Å²) in [5.41, 5.74) is 1.44. The normalized spacial score (nSPS) is 31.2. The van der Waals surface area contributed by atoms with Crippen LogP contribution in [0, 0.1) is 5.92 Å². The van der Waals surface area contributed by atoms with Crippen molar-refractivity contribution in [2.45, 2.75) is 45.1 Å². The second-order valence-electron chi connectivity index (χ2n) is 6.26. The summed E-state index contributed by atoms with van der Waals surface area (Å²) in [5.74, 6) is 0.890. The zero-order chi connectivity index (χ0) is 13.8. The molecule has 2 atom stereocenters. The van der Waals surface area contributed by atoms with E-state index in [0.29, 0.717) is 6.04 Å². The van der Waals surface area contributed by atoms with Crippen molar-refractivity contribution in [1.82, 2.24) is 9.80 Å². The molecule has 2 heteroatoms. The molecule has 0 amide bonds. The lowest BCUT2D eigenvalue weighted by Gasteiger charge is -2.37. The lowest BCUT2D eigenvalue weighted by atomic mass is 10.0. The van der Waals surface area contributed by atoms with Crippen LogP contribution in [-0.2, 0) is 0 Å². The molecule has 3 aliphatic rings. The molecule has 2 heterocycles. The largest absolute Gasteiger partial charge is 0.327 e. The highest BCUT2D eigenvalue weighted by Gasteiger charge is 2.27. The van der Waals surface area contributed by atoms with E-state index in [-0.39, 0.29) is 0 Å². The molecule has 20 heavy (non-hydrogen) atoms. The second kappa shape index (κ2) is 6.45. The standard InChI is InChI=1S/C18H26N2/c1-16-8-7-14-20(15-11-16)18-10-4-3-9-17(18)19-12-5-2-6-13-19/h3-6,9,12-13,16,18H,2,7-8,10-11,14-15H2,1H3. The highest BCUT2D eigenvalue weighted by molar-refractivity contribution is 5.28. The Hall–Kier alpha value is -1.28. The molecule has 0 spiro atoms. The molecule has 3 rings (SSSR count). The van der Waals surface area contributed by atoms with E-state index < -0.39 is 0 Å². The average Bonchev–Trinajstić information content (AvgIpc) is 2.73. The van der Waals surface area contributed by atoms with Crippen molar-refractivity contribution in [3.8, 4) is 0 Å². The first-order valence-electron chi connectivity index (χ1n) is 8.07. The summed E-state index contributed by atoms with van der Waals surface area (Å²) >= 11 is 0. The monoisotopic (exact) mass is 270 g/mol. The first kappa shape index (κ1) is 13.7. The molecule has 1 fully saturated rings. The third-order valence-electron chi connectivity index (χ3n) is 4.70. The van der Waals surface area contributed by atoms with Gasteiger partial charge in [-0.05, 0) is 57.2 Å². The van der Waals surface area contributed by atoms with Crippen molar-refractivity contribution in [2.75, 3.05) is 13.1 Å². The van der Waals surface area contributed by atoms with Crippen molar-refractivity contribution in [3.05, 3.63) is 48.5 Å². The molecular weight excluding hydrogens is 244 g/mol. The molecule has 1 saturated heterocycles. The minimum atomic E-state index is 0.553. The molecule has 0 N–H and O–H groups in total. The Kier molecular flexibility index (Phi) is 4.41. The predicted molar refractivity (Wildman–Crippen MR) is 85.0 cm³/mol. The fourth-order valence-electron chi connectivity index (χ4n) is 3.45. The fourth-order valence-corrected chi connectivity index (χ4v) is 3.45. The third kappa shape index (κ3) is 3.06. The topological polar surface area (TPSA) is 6.48 Å². The SMILES string of the molecule is CC1CCCN(C2CC=CC=C2N2C=CCC=C2)CC1. The lowest BCUT2D eigenvalue weighted by Crippen LogP contribution is -2.41. The molecule has 2 unspecified atom stereocenters. The van der Waals surface area contributed by atoms with E-state index >= 15 is 0 Å². The minimum absolute atomic E-state index is 0.553. The van der Waals surface area contributed by atoms with Crippen LogP contribution in [0.4, 0.5) is 0 Å². The molecule has 0 aromatic carbocycles. The molecule has 0 aromatic heterocycles. The van der Waals surface area contributed by atoms with Gasteiger partial charge in [0, 0.05) is 18.1 Å². The van der Waals surface area contributed by atoms with E-state index in [1.165, 1.54) is 38.0 Å². The number of likely N-dealkylation sites (tertiary alicyclic amines) is 1. The molecule has 0 aromatic rings. The van der Waals surface area contributed by atoms with Crippen molar-refractivity contribution in [3.63, 3.8) is 0 Å². The van der Waals surface area contributed by atoms with Crippen molar-refractivity contribution in [2.24, 2.45) is 5.92 Å². The van der Waals surface area contributed by atoms with Crippen LogP contribution in [0.3, 0.4) is 0 Å². The van der Waals surface area contributed by atoms with Crippen LogP contribution in [0.1, 0.15) is 39.0 Å². The Labute approximate surface area is 123 Å². The number of rotatable bonds is 2. The highest BCUT2D eigenvalue weighted by Crippen LogP contribution is 2.28. The summed E-state index contributed by atoms with van der Waals surface area (Å²) in [6, 6.07) is 0.553. The van der Waals surface area contributed by atoms with Crippen LogP contribution in [0.5, 0.6) is 0 Å². The first-order chi connectivity index (χ1) is 9.84. The van der Waals surface area contributed by atoms with Gasteiger partial charge in [-0.3, -0.25) is 4.90 Å². The Balaban J connectivity index is 1.75. The molecular formula is C18H26N2. The van der Waals surface area contributed by atoms with Crippen molar-refractivity contribution >= 4 is 0 Å². The number of allylic oxidation sites excluding steroid dienone is 4. The molecule has 0 bridgehead atoms. The maximum atomic E-state index is 2.70. The van der Waals surface area contributed by atoms with Gasteiger partial charge in [0.1, 0.15) is 0 Å². The van der Waals surface area contributed by atoms with E-state index in [4.69, 9.17) is 0 Å². The van der Waals surface area contributed by atoms with E-state index in [1.807, 2.05) is 0 Å². The number of hydrogen-bond acceptors (Lipinski definition) is 2. The van der Waals surface area contributed by atoms with Gasteiger partial charge in [0.05, 0.1) is 6.04 Å². The Morgan fingerprint density at radius 2 is 1.90 bits per heavy atom. The van der Waals surface area contributed by atoms with Crippen LogP contribution >= 0.6 is 0 Å². The summed E-state index contributed by atoms with van der Waals surface area (Å²) in [6.45, 7) is 4.90. The Morgan fingerprint density at radius 3 is 2.75 bits per heavy atom. The van der Waals surface area contributed by atoms with Crippen LogP contribution in [-0.4, -0.2) is 28.9 Å². The zero-order valence-electron chi connectivity index (χ0n) is 12.5. The van der Waals surface area contributed by atoms with Gasteiger partial charge in [0.2, 0.25) is 0 Å². The van der Waals surface area contributed by atoms with Crippen LogP contribution in [0.2, 0.25) is 0 Å². The maximum Gasteiger partial charge on any atom is 0.0538 e. The average molecular weight is 270 g/mol. The predicted octanol–water partition coefficient (Wildman–Crippen LogP) is 4.05. The van der Waals surface area contributed by atoms with E-state index in [2.05, 4.69) is 59.5 Å². The highest BCUT2D eigenvalue weighted by atomic mass is 15.2. The lowest BCUT2D eigenvalue weighted by molar-refractivity contribution is 0.208. The maximum absolute atomic E-state index is 2.70. The Bertz CT molecular complexity index is 432. The molecule has 0 radical (unpaired) electrons. The third-order valence-corrected chi connectivity index (χ3v) is 4.70. The van der Waals surface area contributed by atoms with Crippen LogP contribution < -0.4 is 0 Å². The first-order valence-corrected chi connectivity index (χ1v) is 8.07. The van der Waals surface area contributed by atoms with Gasteiger partial charge < -0.3 is 4.90 Å². The van der Waals surface area contributed by atoms with Gasteiger partial charge in [-0.1, -0.05) is 31.2 Å². The number of nitrogens with zero attached hydrogens (tertiary/aromatic N) is 2.